The molecule has 0 rings (SSSR count). The molecule has 0 aliphatic heterocycles. The first kappa shape index (κ1) is 34.9. The lowest BCUT2D eigenvalue weighted by atomic mass is 9.99. The first-order chi connectivity index (χ1) is 17.2. The van der Waals surface area contributed by atoms with Gasteiger partial charge in [0.25, 0.3) is 0 Å². The molecule has 0 aromatic carbocycles. The van der Waals surface area contributed by atoms with E-state index in [1.165, 1.54) is 154 Å². The third-order valence-corrected chi connectivity index (χ3v) is 7.83. The van der Waals surface area contributed by atoms with Crippen molar-refractivity contribution in [2.24, 2.45) is 0 Å². The third kappa shape index (κ3) is 30.0. The molecule has 2 heteroatoms. The molecule has 0 fully saturated rings. The molecule has 212 valence electrons. The highest BCUT2D eigenvalue weighted by molar-refractivity contribution is 4.64. The minimum Gasteiger partial charge on any atom is -0.393 e. The summed E-state index contributed by atoms with van der Waals surface area (Å²) in [6.07, 6.45) is 37.4. The zero-order valence-corrected chi connectivity index (χ0v) is 24.6. The van der Waals surface area contributed by atoms with Gasteiger partial charge in [-0.1, -0.05) is 181 Å². The standard InChI is InChI=1S/C33H68O2/c1-3-5-7-9-10-11-12-13-14-15-16-17-18-19-20-21-22-23-24-26-28-30-33(35)31-32(34)29-27-25-8-6-4-2/h32-35H,3-31H2,1-2H3. The first-order valence-electron chi connectivity index (χ1n) is 16.6. The predicted molar refractivity (Wildman–Crippen MR) is 157 cm³/mol. The van der Waals surface area contributed by atoms with E-state index >= 15 is 0 Å². The maximum absolute atomic E-state index is 10.2. The number of unbranched alkanes of at least 4 members (excludes halogenated alkanes) is 24. The quantitative estimate of drug-likeness (QED) is 0.0970. The monoisotopic (exact) mass is 497 g/mol. The Balaban J connectivity index is 3.18. The van der Waals surface area contributed by atoms with Crippen LogP contribution in [-0.4, -0.2) is 22.4 Å². The highest BCUT2D eigenvalue weighted by Crippen LogP contribution is 2.17. The second-order valence-electron chi connectivity index (χ2n) is 11.6. The normalized spacial score (nSPS) is 13.4. The van der Waals surface area contributed by atoms with Crippen LogP contribution >= 0.6 is 0 Å². The van der Waals surface area contributed by atoms with Crippen LogP contribution in [0.4, 0.5) is 0 Å². The van der Waals surface area contributed by atoms with Gasteiger partial charge >= 0.3 is 0 Å². The van der Waals surface area contributed by atoms with Crippen molar-refractivity contribution in [3.05, 3.63) is 0 Å². The summed E-state index contributed by atoms with van der Waals surface area (Å²) in [7, 11) is 0. The summed E-state index contributed by atoms with van der Waals surface area (Å²) < 4.78 is 0. The Kier molecular flexibility index (Phi) is 30.1. The largest absolute Gasteiger partial charge is 0.393 e. The van der Waals surface area contributed by atoms with Crippen molar-refractivity contribution in [3.8, 4) is 0 Å². The number of rotatable bonds is 30. The van der Waals surface area contributed by atoms with Crippen molar-refractivity contribution in [1.82, 2.24) is 0 Å². The second-order valence-corrected chi connectivity index (χ2v) is 11.6. The van der Waals surface area contributed by atoms with Crippen molar-refractivity contribution in [3.63, 3.8) is 0 Å². The highest BCUT2D eigenvalue weighted by Gasteiger charge is 2.11. The summed E-state index contributed by atoms with van der Waals surface area (Å²) in [5.41, 5.74) is 0. The third-order valence-electron chi connectivity index (χ3n) is 7.83. The lowest BCUT2D eigenvalue weighted by Crippen LogP contribution is -2.17. The SMILES string of the molecule is CCCCCCCCCCCCCCCCCCCCCCCC(O)CC(O)CCCCCCC. The fraction of sp³-hybridized carbons (Fsp3) is 1.00. The van der Waals surface area contributed by atoms with Gasteiger partial charge in [0, 0.05) is 0 Å². The fourth-order valence-electron chi connectivity index (χ4n) is 5.35. The number of hydrogen-bond acceptors (Lipinski definition) is 2. The lowest BCUT2D eigenvalue weighted by Gasteiger charge is -2.15. The molecule has 0 heterocycles. The zero-order chi connectivity index (χ0) is 25.7. The Morgan fingerprint density at radius 3 is 0.743 bits per heavy atom. The average molecular weight is 497 g/mol. The van der Waals surface area contributed by atoms with Crippen LogP contribution < -0.4 is 0 Å². The molecular weight excluding hydrogens is 428 g/mol. The number of aliphatic hydroxyl groups is 2. The van der Waals surface area contributed by atoms with Gasteiger partial charge < -0.3 is 10.2 Å². The molecule has 2 nitrogen and oxygen atoms in total. The second kappa shape index (κ2) is 30.1. The molecule has 0 aliphatic carbocycles. The number of aliphatic hydroxyl groups excluding tert-OH is 2. The van der Waals surface area contributed by atoms with Gasteiger partial charge in [0.2, 0.25) is 0 Å². The van der Waals surface area contributed by atoms with Crippen LogP contribution in [0.5, 0.6) is 0 Å². The van der Waals surface area contributed by atoms with E-state index in [4.69, 9.17) is 0 Å². The van der Waals surface area contributed by atoms with Crippen molar-refractivity contribution < 1.29 is 10.2 Å². The Bertz CT molecular complexity index is 370. The van der Waals surface area contributed by atoms with Crippen LogP contribution in [0, 0.1) is 0 Å². The van der Waals surface area contributed by atoms with Crippen LogP contribution in [-0.2, 0) is 0 Å². The molecule has 0 spiro atoms. The fourth-order valence-corrected chi connectivity index (χ4v) is 5.35. The van der Waals surface area contributed by atoms with E-state index < -0.39 is 0 Å². The summed E-state index contributed by atoms with van der Waals surface area (Å²) in [6.45, 7) is 4.52. The molecule has 0 aromatic rings. The summed E-state index contributed by atoms with van der Waals surface area (Å²) >= 11 is 0. The van der Waals surface area contributed by atoms with Gasteiger partial charge in [0.05, 0.1) is 12.2 Å². The van der Waals surface area contributed by atoms with Crippen molar-refractivity contribution in [2.45, 2.75) is 212 Å². The molecule has 0 bridgehead atoms. The minimum absolute atomic E-state index is 0.304. The molecule has 0 saturated carbocycles. The average Bonchev–Trinajstić information content (AvgIpc) is 2.84. The van der Waals surface area contributed by atoms with E-state index in [9.17, 15) is 10.2 Å². The Morgan fingerprint density at radius 2 is 0.514 bits per heavy atom. The van der Waals surface area contributed by atoms with Gasteiger partial charge in [-0.25, -0.2) is 0 Å². The summed E-state index contributed by atoms with van der Waals surface area (Å²) in [5, 5.41) is 20.2. The Morgan fingerprint density at radius 1 is 0.314 bits per heavy atom. The molecule has 35 heavy (non-hydrogen) atoms. The summed E-state index contributed by atoms with van der Waals surface area (Å²) in [4.78, 5) is 0. The van der Waals surface area contributed by atoms with E-state index in [1.807, 2.05) is 0 Å². The van der Waals surface area contributed by atoms with Crippen molar-refractivity contribution >= 4 is 0 Å². The van der Waals surface area contributed by atoms with E-state index in [0.717, 1.165) is 25.7 Å². The van der Waals surface area contributed by atoms with Gasteiger partial charge in [-0.2, -0.15) is 0 Å². The van der Waals surface area contributed by atoms with Crippen LogP contribution in [0.25, 0.3) is 0 Å². The maximum atomic E-state index is 10.2. The minimum atomic E-state index is -0.305. The van der Waals surface area contributed by atoms with Gasteiger partial charge in [-0.3, -0.25) is 0 Å². The molecule has 2 atom stereocenters. The molecule has 0 saturated heterocycles. The summed E-state index contributed by atoms with van der Waals surface area (Å²) in [6, 6.07) is 0. The van der Waals surface area contributed by atoms with Crippen LogP contribution in [0.3, 0.4) is 0 Å². The lowest BCUT2D eigenvalue weighted by molar-refractivity contribution is 0.0680. The molecule has 2 unspecified atom stereocenters. The highest BCUT2D eigenvalue weighted by atomic mass is 16.3. The molecule has 0 radical (unpaired) electrons. The molecule has 2 N–H and O–H groups in total. The maximum Gasteiger partial charge on any atom is 0.0564 e. The zero-order valence-electron chi connectivity index (χ0n) is 24.6. The van der Waals surface area contributed by atoms with Gasteiger partial charge in [0.1, 0.15) is 0 Å². The topological polar surface area (TPSA) is 40.5 Å². The molecule has 0 aromatic heterocycles. The molecule has 0 amide bonds. The van der Waals surface area contributed by atoms with E-state index in [1.54, 1.807) is 0 Å². The van der Waals surface area contributed by atoms with Crippen LogP contribution in [0.2, 0.25) is 0 Å². The van der Waals surface area contributed by atoms with Crippen LogP contribution in [0.1, 0.15) is 200 Å². The van der Waals surface area contributed by atoms with Gasteiger partial charge in [0.15, 0.2) is 0 Å². The van der Waals surface area contributed by atoms with Gasteiger partial charge in [-0.05, 0) is 19.3 Å². The van der Waals surface area contributed by atoms with Gasteiger partial charge in [-0.15, -0.1) is 0 Å². The predicted octanol–water partition coefficient (Wildman–Crippen LogP) is 11.1. The van der Waals surface area contributed by atoms with E-state index in [2.05, 4.69) is 13.8 Å². The Labute approximate surface area is 222 Å². The van der Waals surface area contributed by atoms with E-state index in [-0.39, 0.29) is 12.2 Å². The number of hydrogen-bond donors (Lipinski definition) is 2. The Hall–Kier alpha value is -0.0800. The van der Waals surface area contributed by atoms with Crippen molar-refractivity contribution in [2.75, 3.05) is 0 Å². The van der Waals surface area contributed by atoms with Crippen LogP contribution in [0.15, 0.2) is 0 Å². The molecular formula is C33H68O2. The van der Waals surface area contributed by atoms with Crippen molar-refractivity contribution in [1.29, 1.82) is 0 Å². The molecule has 0 aliphatic rings. The van der Waals surface area contributed by atoms with E-state index in [0.29, 0.717) is 6.42 Å². The smallest absolute Gasteiger partial charge is 0.0564 e. The first-order valence-corrected chi connectivity index (χ1v) is 16.6. The summed E-state index contributed by atoms with van der Waals surface area (Å²) in [5.74, 6) is 0.